The van der Waals surface area contributed by atoms with Crippen LogP contribution < -0.4 is 0 Å². The largest absolute Gasteiger partial charge is 0.396 e. The highest BCUT2D eigenvalue weighted by molar-refractivity contribution is 7.86. The third-order valence-electron chi connectivity index (χ3n) is 3.37. The normalized spacial score (nSPS) is 23.2. The van der Waals surface area contributed by atoms with Crippen LogP contribution in [0.2, 0.25) is 0 Å². The minimum Gasteiger partial charge on any atom is -0.396 e. The maximum Gasteiger partial charge on any atom is 0.281 e. The average molecular weight is 264 g/mol. The predicted molar refractivity (Wildman–Crippen MR) is 67.9 cm³/mol. The summed E-state index contributed by atoms with van der Waals surface area (Å²) in [6, 6.07) is 0.144. The van der Waals surface area contributed by atoms with Crippen LogP contribution in [-0.2, 0) is 10.2 Å². The van der Waals surface area contributed by atoms with Crippen LogP contribution in [0.5, 0.6) is 0 Å². The van der Waals surface area contributed by atoms with E-state index >= 15 is 0 Å². The summed E-state index contributed by atoms with van der Waals surface area (Å²) in [5.41, 5.74) is 0. The monoisotopic (exact) mass is 264 g/mol. The van der Waals surface area contributed by atoms with Gasteiger partial charge in [-0.25, -0.2) is 0 Å². The number of hydrogen-bond acceptors (Lipinski definition) is 3. The van der Waals surface area contributed by atoms with Gasteiger partial charge in [-0.15, -0.1) is 0 Å². The van der Waals surface area contributed by atoms with Gasteiger partial charge in [0, 0.05) is 32.8 Å². The van der Waals surface area contributed by atoms with Crippen LogP contribution in [-0.4, -0.2) is 54.9 Å². The van der Waals surface area contributed by atoms with Gasteiger partial charge in [-0.2, -0.15) is 17.0 Å². The lowest BCUT2D eigenvalue weighted by Gasteiger charge is -2.36. The van der Waals surface area contributed by atoms with E-state index in [-0.39, 0.29) is 12.6 Å². The predicted octanol–water partition coefficient (Wildman–Crippen LogP) is 0.810. The minimum atomic E-state index is -3.34. The summed E-state index contributed by atoms with van der Waals surface area (Å²) in [5, 5.41) is 8.75. The topological polar surface area (TPSA) is 60.9 Å². The van der Waals surface area contributed by atoms with E-state index in [0.29, 0.717) is 19.5 Å². The third kappa shape index (κ3) is 3.64. The summed E-state index contributed by atoms with van der Waals surface area (Å²) in [6.07, 6.45) is 4.38. The molecule has 0 amide bonds. The zero-order valence-electron chi connectivity index (χ0n) is 10.8. The molecular weight excluding hydrogens is 240 g/mol. The molecule has 1 unspecified atom stereocenters. The number of aliphatic hydroxyl groups excluding tert-OH is 1. The molecule has 5 nitrogen and oxygen atoms in total. The van der Waals surface area contributed by atoms with Crippen molar-refractivity contribution in [2.24, 2.45) is 0 Å². The molecule has 0 aromatic carbocycles. The lowest BCUT2D eigenvalue weighted by atomic mass is 10.0. The fraction of sp³-hybridized carbons (Fsp3) is 1.00. The second-order valence-electron chi connectivity index (χ2n) is 4.58. The molecule has 1 fully saturated rings. The molecule has 102 valence electrons. The Morgan fingerprint density at radius 2 is 2.12 bits per heavy atom. The van der Waals surface area contributed by atoms with E-state index in [2.05, 4.69) is 0 Å². The molecule has 0 saturated carbocycles. The van der Waals surface area contributed by atoms with Gasteiger partial charge in [-0.1, -0.05) is 13.3 Å². The fourth-order valence-electron chi connectivity index (χ4n) is 2.27. The second-order valence-corrected chi connectivity index (χ2v) is 6.56. The third-order valence-corrected chi connectivity index (χ3v) is 5.41. The van der Waals surface area contributed by atoms with Crippen molar-refractivity contribution in [3.63, 3.8) is 0 Å². The zero-order valence-corrected chi connectivity index (χ0v) is 11.6. The SMILES string of the molecule is CCC1CCCCN1S(=O)(=O)N(C)CCCO. The smallest absolute Gasteiger partial charge is 0.281 e. The van der Waals surface area contributed by atoms with Crippen molar-refractivity contribution in [2.75, 3.05) is 26.7 Å². The Kier molecular flexibility index (Phi) is 5.85. The van der Waals surface area contributed by atoms with Crippen molar-refractivity contribution in [3.8, 4) is 0 Å². The molecule has 1 atom stereocenters. The van der Waals surface area contributed by atoms with Crippen LogP contribution in [0.25, 0.3) is 0 Å². The van der Waals surface area contributed by atoms with Gasteiger partial charge in [0.15, 0.2) is 0 Å². The van der Waals surface area contributed by atoms with E-state index in [4.69, 9.17) is 5.11 Å². The maximum atomic E-state index is 12.3. The minimum absolute atomic E-state index is 0.0249. The first-order valence-electron chi connectivity index (χ1n) is 6.38. The summed E-state index contributed by atoms with van der Waals surface area (Å²) >= 11 is 0. The molecule has 1 rings (SSSR count). The Bertz CT molecular complexity index is 319. The summed E-state index contributed by atoms with van der Waals surface area (Å²) in [7, 11) is -1.75. The molecule has 1 heterocycles. The summed E-state index contributed by atoms with van der Waals surface area (Å²) < 4.78 is 27.7. The van der Waals surface area contributed by atoms with Crippen molar-refractivity contribution in [1.29, 1.82) is 0 Å². The second kappa shape index (κ2) is 6.68. The highest BCUT2D eigenvalue weighted by Gasteiger charge is 2.33. The molecule has 0 aromatic rings. The van der Waals surface area contributed by atoms with E-state index in [0.717, 1.165) is 25.7 Å². The average Bonchev–Trinajstić information content (AvgIpc) is 2.35. The van der Waals surface area contributed by atoms with Crippen LogP contribution in [0.15, 0.2) is 0 Å². The van der Waals surface area contributed by atoms with E-state index in [1.165, 1.54) is 4.31 Å². The quantitative estimate of drug-likeness (QED) is 0.772. The molecule has 1 aliphatic heterocycles. The molecule has 0 radical (unpaired) electrons. The van der Waals surface area contributed by atoms with Gasteiger partial charge in [-0.3, -0.25) is 0 Å². The van der Waals surface area contributed by atoms with E-state index < -0.39 is 10.2 Å². The van der Waals surface area contributed by atoms with E-state index in [1.54, 1.807) is 11.4 Å². The molecule has 1 saturated heterocycles. The van der Waals surface area contributed by atoms with Crippen molar-refractivity contribution in [1.82, 2.24) is 8.61 Å². The standard InChI is InChI=1S/C11H24N2O3S/c1-3-11-7-4-5-9-13(11)17(15,16)12(2)8-6-10-14/h11,14H,3-10H2,1-2H3. The first-order valence-corrected chi connectivity index (χ1v) is 7.77. The highest BCUT2D eigenvalue weighted by atomic mass is 32.2. The molecule has 1 aliphatic rings. The van der Waals surface area contributed by atoms with Crippen molar-refractivity contribution in [3.05, 3.63) is 0 Å². The van der Waals surface area contributed by atoms with Crippen LogP contribution in [0.1, 0.15) is 39.0 Å². The highest BCUT2D eigenvalue weighted by Crippen LogP contribution is 2.23. The summed E-state index contributed by atoms with van der Waals surface area (Å²) in [6.45, 7) is 3.07. The van der Waals surface area contributed by atoms with Crippen molar-refractivity contribution >= 4 is 10.2 Å². The first kappa shape index (κ1) is 14.9. The van der Waals surface area contributed by atoms with Gasteiger partial charge in [0.1, 0.15) is 0 Å². The molecule has 0 bridgehead atoms. The molecule has 17 heavy (non-hydrogen) atoms. The van der Waals surface area contributed by atoms with Crippen molar-refractivity contribution in [2.45, 2.75) is 45.1 Å². The first-order chi connectivity index (χ1) is 8.04. The lowest BCUT2D eigenvalue weighted by Crippen LogP contribution is -2.49. The Hall–Kier alpha value is -0.170. The van der Waals surface area contributed by atoms with Crippen LogP contribution >= 0.6 is 0 Å². The van der Waals surface area contributed by atoms with Gasteiger partial charge < -0.3 is 5.11 Å². The Morgan fingerprint density at radius 3 is 2.71 bits per heavy atom. The number of hydrogen-bond donors (Lipinski definition) is 1. The van der Waals surface area contributed by atoms with Crippen molar-refractivity contribution < 1.29 is 13.5 Å². The fourth-order valence-corrected chi connectivity index (χ4v) is 3.98. The Morgan fingerprint density at radius 1 is 1.41 bits per heavy atom. The van der Waals surface area contributed by atoms with Gasteiger partial charge in [0.05, 0.1) is 0 Å². The molecule has 0 aromatic heterocycles. The number of rotatable bonds is 6. The van der Waals surface area contributed by atoms with Crippen LogP contribution in [0, 0.1) is 0 Å². The number of piperidine rings is 1. The van der Waals surface area contributed by atoms with Gasteiger partial charge in [-0.05, 0) is 25.7 Å². The zero-order chi connectivity index (χ0) is 12.9. The number of aliphatic hydroxyl groups is 1. The van der Waals surface area contributed by atoms with Gasteiger partial charge in [0.2, 0.25) is 0 Å². The Labute approximate surface area is 105 Å². The molecule has 1 N–H and O–H groups in total. The maximum absolute atomic E-state index is 12.3. The lowest BCUT2D eigenvalue weighted by molar-refractivity contribution is 0.226. The Balaban J connectivity index is 2.73. The molecule has 6 heteroatoms. The van der Waals surface area contributed by atoms with E-state index in [1.807, 2.05) is 6.92 Å². The molecule has 0 spiro atoms. The number of nitrogens with zero attached hydrogens (tertiary/aromatic N) is 2. The van der Waals surface area contributed by atoms with Gasteiger partial charge >= 0.3 is 0 Å². The summed E-state index contributed by atoms with van der Waals surface area (Å²) in [4.78, 5) is 0. The summed E-state index contributed by atoms with van der Waals surface area (Å²) in [5.74, 6) is 0. The van der Waals surface area contributed by atoms with Crippen LogP contribution in [0.3, 0.4) is 0 Å². The molecule has 0 aliphatic carbocycles. The van der Waals surface area contributed by atoms with E-state index in [9.17, 15) is 8.42 Å². The van der Waals surface area contributed by atoms with Crippen LogP contribution in [0.4, 0.5) is 0 Å². The molecular formula is C11H24N2O3S. The van der Waals surface area contributed by atoms with Gasteiger partial charge in [0.25, 0.3) is 10.2 Å².